The molecule has 0 aliphatic heterocycles. The highest BCUT2D eigenvalue weighted by Gasteiger charge is 2.31. The molecule has 2 nitrogen and oxygen atoms in total. The number of benzene rings is 1. The summed E-state index contributed by atoms with van der Waals surface area (Å²) in [6.45, 7) is 0. The van der Waals surface area contributed by atoms with E-state index in [-0.39, 0.29) is 6.04 Å². The van der Waals surface area contributed by atoms with Crippen LogP contribution in [0.4, 0.5) is 18.9 Å². The van der Waals surface area contributed by atoms with Gasteiger partial charge in [0, 0.05) is 11.7 Å². The molecule has 0 heterocycles. The zero-order chi connectivity index (χ0) is 14.0. The Balaban J connectivity index is 2.11. The summed E-state index contributed by atoms with van der Waals surface area (Å²) in [6, 6.07) is 3.82. The summed E-state index contributed by atoms with van der Waals surface area (Å²) >= 11 is 0. The van der Waals surface area contributed by atoms with Crippen molar-refractivity contribution in [2.24, 2.45) is 11.7 Å². The van der Waals surface area contributed by atoms with E-state index in [0.717, 1.165) is 31.7 Å². The van der Waals surface area contributed by atoms with E-state index in [9.17, 15) is 13.2 Å². The van der Waals surface area contributed by atoms with Crippen molar-refractivity contribution in [3.8, 4) is 0 Å². The van der Waals surface area contributed by atoms with Crippen molar-refractivity contribution in [3.63, 3.8) is 0 Å². The fourth-order valence-corrected chi connectivity index (χ4v) is 2.66. The summed E-state index contributed by atoms with van der Waals surface area (Å²) in [5, 5.41) is 0. The van der Waals surface area contributed by atoms with Crippen LogP contribution in [-0.4, -0.2) is 6.04 Å². The first-order valence-corrected chi connectivity index (χ1v) is 6.57. The molecule has 1 aromatic carbocycles. The molecule has 0 atom stereocenters. The van der Waals surface area contributed by atoms with E-state index in [1.165, 1.54) is 12.1 Å². The van der Waals surface area contributed by atoms with Gasteiger partial charge in [-0.05, 0) is 61.8 Å². The molecular formula is C14H19F3N2. The van der Waals surface area contributed by atoms with Crippen LogP contribution in [-0.2, 0) is 12.6 Å². The number of hydrogen-bond donors (Lipinski definition) is 2. The zero-order valence-corrected chi connectivity index (χ0v) is 10.7. The van der Waals surface area contributed by atoms with Gasteiger partial charge in [-0.3, -0.25) is 0 Å². The third kappa shape index (κ3) is 3.62. The van der Waals surface area contributed by atoms with Crippen LogP contribution in [0.25, 0.3) is 0 Å². The maximum atomic E-state index is 12.7. The standard InChI is InChI=1S/C14H19F3N2/c15-14(16,17)11-3-6-13(19)10(8-11)7-9-1-4-12(18)5-2-9/h3,6,8-9,12H,1-2,4-5,7,18-19H2. The van der Waals surface area contributed by atoms with Gasteiger partial charge in [0.15, 0.2) is 0 Å². The smallest absolute Gasteiger partial charge is 0.399 e. The molecular weight excluding hydrogens is 253 g/mol. The van der Waals surface area contributed by atoms with Crippen molar-refractivity contribution in [2.75, 3.05) is 5.73 Å². The van der Waals surface area contributed by atoms with Gasteiger partial charge >= 0.3 is 6.18 Å². The summed E-state index contributed by atoms with van der Waals surface area (Å²) < 4.78 is 38.0. The number of alkyl halides is 3. The first kappa shape index (κ1) is 14.2. The predicted octanol–water partition coefficient (Wildman–Crippen LogP) is 3.35. The molecule has 19 heavy (non-hydrogen) atoms. The molecule has 1 aliphatic rings. The lowest BCUT2D eigenvalue weighted by Crippen LogP contribution is -2.27. The van der Waals surface area contributed by atoms with Gasteiger partial charge < -0.3 is 11.5 Å². The number of hydrogen-bond acceptors (Lipinski definition) is 2. The normalized spacial score (nSPS) is 24.4. The molecule has 0 amide bonds. The lowest BCUT2D eigenvalue weighted by molar-refractivity contribution is -0.137. The van der Waals surface area contributed by atoms with Gasteiger partial charge in [0.25, 0.3) is 0 Å². The van der Waals surface area contributed by atoms with Crippen molar-refractivity contribution in [1.29, 1.82) is 0 Å². The lowest BCUT2D eigenvalue weighted by Gasteiger charge is -2.26. The molecule has 0 saturated heterocycles. The maximum absolute atomic E-state index is 12.7. The van der Waals surface area contributed by atoms with Gasteiger partial charge in [-0.1, -0.05) is 0 Å². The van der Waals surface area contributed by atoms with Gasteiger partial charge in [-0.2, -0.15) is 13.2 Å². The van der Waals surface area contributed by atoms with E-state index < -0.39 is 11.7 Å². The van der Waals surface area contributed by atoms with E-state index in [1.807, 2.05) is 0 Å². The van der Waals surface area contributed by atoms with Gasteiger partial charge in [0.05, 0.1) is 5.56 Å². The van der Waals surface area contributed by atoms with E-state index >= 15 is 0 Å². The molecule has 1 aliphatic carbocycles. The number of nitrogen functional groups attached to an aromatic ring is 1. The molecule has 0 unspecified atom stereocenters. The highest BCUT2D eigenvalue weighted by molar-refractivity contribution is 5.49. The molecule has 0 radical (unpaired) electrons. The first-order chi connectivity index (χ1) is 8.86. The third-order valence-electron chi connectivity index (χ3n) is 3.87. The topological polar surface area (TPSA) is 52.0 Å². The van der Waals surface area contributed by atoms with Crippen molar-refractivity contribution in [1.82, 2.24) is 0 Å². The quantitative estimate of drug-likeness (QED) is 0.811. The Morgan fingerprint density at radius 3 is 2.32 bits per heavy atom. The predicted molar refractivity (Wildman–Crippen MR) is 69.5 cm³/mol. The maximum Gasteiger partial charge on any atom is 0.416 e. The number of anilines is 1. The molecule has 1 aromatic rings. The molecule has 5 heteroatoms. The molecule has 4 N–H and O–H groups in total. The highest BCUT2D eigenvalue weighted by Crippen LogP contribution is 2.33. The second kappa shape index (κ2) is 5.41. The largest absolute Gasteiger partial charge is 0.416 e. The fraction of sp³-hybridized carbons (Fsp3) is 0.571. The van der Waals surface area contributed by atoms with Gasteiger partial charge in [0.2, 0.25) is 0 Å². The number of nitrogens with two attached hydrogens (primary N) is 2. The van der Waals surface area contributed by atoms with Crippen molar-refractivity contribution >= 4 is 5.69 Å². The summed E-state index contributed by atoms with van der Waals surface area (Å²) in [7, 11) is 0. The Morgan fingerprint density at radius 2 is 1.74 bits per heavy atom. The average molecular weight is 272 g/mol. The van der Waals surface area contributed by atoms with Crippen LogP contribution in [0.15, 0.2) is 18.2 Å². The van der Waals surface area contributed by atoms with Crippen molar-refractivity contribution in [2.45, 2.75) is 44.3 Å². The second-order valence-electron chi connectivity index (χ2n) is 5.40. The van der Waals surface area contributed by atoms with E-state index in [0.29, 0.717) is 23.6 Å². The van der Waals surface area contributed by atoms with Gasteiger partial charge in [-0.15, -0.1) is 0 Å². The SMILES string of the molecule is Nc1ccc(C(F)(F)F)cc1CC1CCC(N)CC1. The van der Waals surface area contributed by atoms with E-state index in [2.05, 4.69) is 0 Å². The molecule has 1 fully saturated rings. The molecule has 106 valence electrons. The summed E-state index contributed by atoms with van der Waals surface area (Å²) in [5.74, 6) is 0.394. The molecule has 0 bridgehead atoms. The van der Waals surface area contributed by atoms with Crippen LogP contribution < -0.4 is 11.5 Å². The number of halogens is 3. The Hall–Kier alpha value is -1.23. The van der Waals surface area contributed by atoms with Gasteiger partial charge in [0.1, 0.15) is 0 Å². The first-order valence-electron chi connectivity index (χ1n) is 6.57. The molecule has 1 saturated carbocycles. The van der Waals surface area contributed by atoms with Crippen molar-refractivity contribution < 1.29 is 13.2 Å². The minimum absolute atomic E-state index is 0.245. The van der Waals surface area contributed by atoms with E-state index in [4.69, 9.17) is 11.5 Å². The van der Waals surface area contributed by atoms with Crippen LogP contribution in [0.3, 0.4) is 0 Å². The Morgan fingerprint density at radius 1 is 1.11 bits per heavy atom. The Bertz CT molecular complexity index is 435. The monoisotopic (exact) mass is 272 g/mol. The fourth-order valence-electron chi connectivity index (χ4n) is 2.66. The minimum Gasteiger partial charge on any atom is -0.399 e. The van der Waals surface area contributed by atoms with Crippen LogP contribution >= 0.6 is 0 Å². The van der Waals surface area contributed by atoms with Crippen LogP contribution in [0.2, 0.25) is 0 Å². The molecule has 2 rings (SSSR count). The Kier molecular flexibility index (Phi) is 4.04. The second-order valence-corrected chi connectivity index (χ2v) is 5.40. The zero-order valence-electron chi connectivity index (χ0n) is 10.7. The highest BCUT2D eigenvalue weighted by atomic mass is 19.4. The molecule has 0 spiro atoms. The summed E-state index contributed by atoms with van der Waals surface area (Å²) in [6.07, 6.45) is 0.139. The van der Waals surface area contributed by atoms with Crippen LogP contribution in [0.5, 0.6) is 0 Å². The van der Waals surface area contributed by atoms with Gasteiger partial charge in [-0.25, -0.2) is 0 Å². The van der Waals surface area contributed by atoms with Crippen molar-refractivity contribution in [3.05, 3.63) is 29.3 Å². The number of rotatable bonds is 2. The third-order valence-corrected chi connectivity index (χ3v) is 3.87. The van der Waals surface area contributed by atoms with Crippen LogP contribution in [0.1, 0.15) is 36.8 Å². The van der Waals surface area contributed by atoms with E-state index in [1.54, 1.807) is 0 Å². The average Bonchev–Trinajstić information content (AvgIpc) is 2.33. The summed E-state index contributed by atoms with van der Waals surface area (Å²) in [4.78, 5) is 0. The minimum atomic E-state index is -4.31. The Labute approximate surface area is 111 Å². The molecule has 0 aromatic heterocycles. The van der Waals surface area contributed by atoms with Crippen LogP contribution in [0, 0.1) is 5.92 Å². The lowest BCUT2D eigenvalue weighted by atomic mass is 9.82. The summed E-state index contributed by atoms with van der Waals surface area (Å²) in [5.41, 5.74) is 12.0.